The molecule has 0 spiro atoms. The SMILES string of the molecule is CCNC(=NCC(c1ccc(OC)cc1)N(C)C)NC1CN(C(C)C)CC1C.I. The summed E-state index contributed by atoms with van der Waals surface area (Å²) >= 11 is 0. The summed E-state index contributed by atoms with van der Waals surface area (Å²) in [5, 5.41) is 7.09. The molecule has 0 aromatic heterocycles. The average Bonchev–Trinajstić information content (AvgIpc) is 3.03. The lowest BCUT2D eigenvalue weighted by atomic mass is 10.1. The molecule has 1 heterocycles. The van der Waals surface area contributed by atoms with Gasteiger partial charge in [-0.25, -0.2) is 0 Å². The second-order valence-corrected chi connectivity index (χ2v) is 8.25. The fraction of sp³-hybridized carbons (Fsp3) is 0.682. The molecule has 29 heavy (non-hydrogen) atoms. The van der Waals surface area contributed by atoms with Gasteiger partial charge >= 0.3 is 0 Å². The zero-order chi connectivity index (χ0) is 20.7. The van der Waals surface area contributed by atoms with Crippen molar-refractivity contribution in [3.05, 3.63) is 29.8 Å². The summed E-state index contributed by atoms with van der Waals surface area (Å²) in [6.07, 6.45) is 0. The molecule has 1 aliphatic heterocycles. The van der Waals surface area contributed by atoms with Crippen LogP contribution in [0.4, 0.5) is 0 Å². The molecule has 2 rings (SSSR count). The highest BCUT2D eigenvalue weighted by atomic mass is 127. The van der Waals surface area contributed by atoms with Crippen LogP contribution in [0.15, 0.2) is 29.3 Å². The molecule has 1 aliphatic rings. The van der Waals surface area contributed by atoms with Gasteiger partial charge in [-0.15, -0.1) is 24.0 Å². The van der Waals surface area contributed by atoms with Crippen molar-refractivity contribution in [2.45, 2.75) is 45.8 Å². The molecule has 0 saturated carbocycles. The quantitative estimate of drug-likeness (QED) is 0.315. The number of hydrogen-bond donors (Lipinski definition) is 2. The summed E-state index contributed by atoms with van der Waals surface area (Å²) in [6.45, 7) is 12.7. The van der Waals surface area contributed by atoms with Crippen LogP contribution in [0.25, 0.3) is 0 Å². The fourth-order valence-electron chi connectivity index (χ4n) is 3.68. The van der Waals surface area contributed by atoms with Crippen molar-refractivity contribution in [3.8, 4) is 5.75 Å². The molecule has 7 heteroatoms. The van der Waals surface area contributed by atoms with Gasteiger partial charge in [-0.1, -0.05) is 19.1 Å². The van der Waals surface area contributed by atoms with E-state index in [9.17, 15) is 0 Å². The summed E-state index contributed by atoms with van der Waals surface area (Å²) in [7, 11) is 5.90. The van der Waals surface area contributed by atoms with E-state index >= 15 is 0 Å². The van der Waals surface area contributed by atoms with Gasteiger partial charge < -0.3 is 20.3 Å². The minimum absolute atomic E-state index is 0. The molecular formula is C22H40IN5O. The van der Waals surface area contributed by atoms with Crippen molar-refractivity contribution in [3.63, 3.8) is 0 Å². The van der Waals surface area contributed by atoms with Crippen LogP contribution in [0, 0.1) is 5.92 Å². The topological polar surface area (TPSA) is 52.1 Å². The van der Waals surface area contributed by atoms with Gasteiger partial charge in [0.2, 0.25) is 0 Å². The van der Waals surface area contributed by atoms with Crippen LogP contribution in [0.2, 0.25) is 0 Å². The van der Waals surface area contributed by atoms with E-state index in [0.717, 1.165) is 31.3 Å². The van der Waals surface area contributed by atoms with Gasteiger partial charge in [0, 0.05) is 31.7 Å². The molecule has 1 aromatic carbocycles. The molecule has 0 bridgehead atoms. The second-order valence-electron chi connectivity index (χ2n) is 8.25. The minimum Gasteiger partial charge on any atom is -0.497 e. The highest BCUT2D eigenvalue weighted by Gasteiger charge is 2.31. The van der Waals surface area contributed by atoms with E-state index < -0.39 is 0 Å². The molecule has 3 unspecified atom stereocenters. The van der Waals surface area contributed by atoms with E-state index in [4.69, 9.17) is 9.73 Å². The first kappa shape index (κ1) is 26.0. The number of likely N-dealkylation sites (tertiary alicyclic amines) is 1. The molecule has 1 fully saturated rings. The third kappa shape index (κ3) is 7.61. The third-order valence-corrected chi connectivity index (χ3v) is 5.58. The zero-order valence-electron chi connectivity index (χ0n) is 19.1. The number of ether oxygens (including phenoxy) is 1. The van der Waals surface area contributed by atoms with Crippen LogP contribution >= 0.6 is 24.0 Å². The number of guanidine groups is 1. The first-order valence-corrected chi connectivity index (χ1v) is 10.4. The number of likely N-dealkylation sites (N-methyl/N-ethyl adjacent to an activating group) is 1. The van der Waals surface area contributed by atoms with E-state index in [1.54, 1.807) is 7.11 Å². The largest absolute Gasteiger partial charge is 0.497 e. The highest BCUT2D eigenvalue weighted by molar-refractivity contribution is 14.0. The maximum Gasteiger partial charge on any atom is 0.191 e. The summed E-state index contributed by atoms with van der Waals surface area (Å²) in [4.78, 5) is 9.67. The Labute approximate surface area is 194 Å². The molecular weight excluding hydrogens is 477 g/mol. The van der Waals surface area contributed by atoms with E-state index in [1.165, 1.54) is 5.56 Å². The number of halogens is 1. The van der Waals surface area contributed by atoms with Crippen molar-refractivity contribution in [1.29, 1.82) is 0 Å². The molecule has 1 aromatic rings. The maximum atomic E-state index is 5.28. The zero-order valence-corrected chi connectivity index (χ0v) is 21.4. The second kappa shape index (κ2) is 12.6. The summed E-state index contributed by atoms with van der Waals surface area (Å²) in [5.74, 6) is 2.40. The van der Waals surface area contributed by atoms with Gasteiger partial charge in [0.05, 0.1) is 19.7 Å². The lowest BCUT2D eigenvalue weighted by molar-refractivity contribution is 0.265. The molecule has 0 radical (unpaired) electrons. The van der Waals surface area contributed by atoms with Crippen LogP contribution in [-0.2, 0) is 0 Å². The predicted molar refractivity (Wildman–Crippen MR) is 134 cm³/mol. The Morgan fingerprint density at radius 2 is 1.90 bits per heavy atom. The molecule has 2 N–H and O–H groups in total. The van der Waals surface area contributed by atoms with Crippen LogP contribution in [0.3, 0.4) is 0 Å². The van der Waals surface area contributed by atoms with Crippen LogP contribution in [0.5, 0.6) is 5.75 Å². The van der Waals surface area contributed by atoms with Gasteiger partial charge in [0.25, 0.3) is 0 Å². The van der Waals surface area contributed by atoms with Gasteiger partial charge in [-0.05, 0) is 58.5 Å². The van der Waals surface area contributed by atoms with Gasteiger partial charge in [0.1, 0.15) is 5.75 Å². The number of nitrogens with one attached hydrogen (secondary N) is 2. The Bertz CT molecular complexity index is 620. The number of nitrogens with zero attached hydrogens (tertiary/aromatic N) is 3. The Kier molecular flexibility index (Phi) is 11.3. The smallest absolute Gasteiger partial charge is 0.191 e. The average molecular weight is 518 g/mol. The normalized spacial score (nSPS) is 21.2. The Morgan fingerprint density at radius 1 is 1.24 bits per heavy atom. The Morgan fingerprint density at radius 3 is 2.38 bits per heavy atom. The first-order valence-electron chi connectivity index (χ1n) is 10.4. The van der Waals surface area contributed by atoms with Crippen molar-refractivity contribution in [2.75, 3.05) is 47.4 Å². The predicted octanol–water partition coefficient (Wildman–Crippen LogP) is 3.20. The minimum atomic E-state index is 0. The van der Waals surface area contributed by atoms with Crippen LogP contribution in [-0.4, -0.2) is 75.2 Å². The number of methoxy groups -OCH3 is 1. The molecule has 6 nitrogen and oxygen atoms in total. The summed E-state index contributed by atoms with van der Waals surface area (Å²) < 4.78 is 5.28. The van der Waals surface area contributed by atoms with Crippen molar-refractivity contribution < 1.29 is 4.74 Å². The lowest BCUT2D eigenvalue weighted by Gasteiger charge is -2.25. The van der Waals surface area contributed by atoms with Gasteiger partial charge in [-0.3, -0.25) is 9.89 Å². The maximum absolute atomic E-state index is 5.28. The lowest BCUT2D eigenvalue weighted by Crippen LogP contribution is -2.47. The van der Waals surface area contributed by atoms with Crippen LogP contribution < -0.4 is 15.4 Å². The highest BCUT2D eigenvalue weighted by Crippen LogP contribution is 2.22. The fourth-order valence-corrected chi connectivity index (χ4v) is 3.68. The molecule has 1 saturated heterocycles. The standard InChI is InChI=1S/C22H39N5O.HI/c1-8-23-22(25-20-15-27(16(2)3)14-17(20)4)24-13-21(26(5)6)18-9-11-19(28-7)12-10-18;/h9-12,16-17,20-21H,8,13-15H2,1-7H3,(H2,23,24,25);1H. The van der Waals surface area contributed by atoms with Crippen molar-refractivity contribution in [1.82, 2.24) is 20.4 Å². The molecule has 166 valence electrons. The number of hydrogen-bond acceptors (Lipinski definition) is 4. The van der Waals surface area contributed by atoms with E-state index in [1.807, 2.05) is 12.1 Å². The van der Waals surface area contributed by atoms with E-state index in [2.05, 4.69) is 74.4 Å². The van der Waals surface area contributed by atoms with Gasteiger partial charge in [0.15, 0.2) is 5.96 Å². The molecule has 0 amide bonds. The van der Waals surface area contributed by atoms with Crippen molar-refractivity contribution in [2.24, 2.45) is 10.9 Å². The number of aliphatic imine (C=N–C) groups is 1. The Hall–Kier alpha value is -1.06. The molecule has 0 aliphatic carbocycles. The number of rotatable bonds is 8. The van der Waals surface area contributed by atoms with Crippen molar-refractivity contribution >= 4 is 29.9 Å². The third-order valence-electron chi connectivity index (χ3n) is 5.58. The summed E-state index contributed by atoms with van der Waals surface area (Å²) in [5.41, 5.74) is 1.24. The van der Waals surface area contributed by atoms with Crippen LogP contribution in [0.1, 0.15) is 39.3 Å². The monoisotopic (exact) mass is 517 g/mol. The molecule has 3 atom stereocenters. The van der Waals surface area contributed by atoms with E-state index in [0.29, 0.717) is 24.5 Å². The number of benzene rings is 1. The van der Waals surface area contributed by atoms with Gasteiger partial charge in [-0.2, -0.15) is 0 Å². The first-order chi connectivity index (χ1) is 13.3. The Balaban J connectivity index is 0.00000420. The van der Waals surface area contributed by atoms with E-state index in [-0.39, 0.29) is 30.0 Å². The summed E-state index contributed by atoms with van der Waals surface area (Å²) in [6, 6.07) is 9.51.